The van der Waals surface area contributed by atoms with Crippen LogP contribution < -0.4 is 5.32 Å². The molecule has 46 valence electrons. The summed E-state index contributed by atoms with van der Waals surface area (Å²) >= 11 is 0. The van der Waals surface area contributed by atoms with Crippen LogP contribution in [-0.2, 0) is 4.74 Å². The summed E-state index contributed by atoms with van der Waals surface area (Å²) in [6.07, 6.45) is 0.338. The molecule has 0 aromatic heterocycles. The molecule has 0 aliphatic heterocycles. The van der Waals surface area contributed by atoms with Crippen molar-refractivity contribution < 1.29 is 6.16 Å². The SMILES string of the molecule is CNC[C@@H](C)OC.[HH]. The van der Waals surface area contributed by atoms with Crippen LogP contribution in [0.1, 0.15) is 8.35 Å². The molecule has 0 rings (SSSR count). The quantitative estimate of drug-likeness (QED) is 0.564. The Labute approximate surface area is 46.3 Å². The fraction of sp³-hybridized carbons (Fsp3) is 1.00. The molecule has 0 saturated heterocycles. The number of likely N-dealkylation sites (N-methyl/N-ethyl adjacent to an activating group) is 1. The fourth-order valence-corrected chi connectivity index (χ4v) is 0.371. The number of hydrogen-bond acceptors (Lipinski definition) is 2. The predicted molar refractivity (Wildman–Crippen MR) is 32.5 cm³/mol. The minimum atomic E-state index is 0. The van der Waals surface area contributed by atoms with E-state index < -0.39 is 0 Å². The van der Waals surface area contributed by atoms with Gasteiger partial charge in [-0.1, -0.05) is 0 Å². The van der Waals surface area contributed by atoms with Crippen molar-refractivity contribution in [1.82, 2.24) is 5.32 Å². The molecular weight excluding hydrogens is 90.1 g/mol. The van der Waals surface area contributed by atoms with Gasteiger partial charge in [-0.3, -0.25) is 0 Å². The normalized spacial score (nSPS) is 14.1. The molecule has 7 heavy (non-hydrogen) atoms. The van der Waals surface area contributed by atoms with Gasteiger partial charge in [-0.15, -0.1) is 0 Å². The van der Waals surface area contributed by atoms with Crippen molar-refractivity contribution >= 4 is 0 Å². The lowest BCUT2D eigenvalue weighted by Gasteiger charge is -2.05. The minimum Gasteiger partial charge on any atom is -0.380 e. The summed E-state index contributed by atoms with van der Waals surface area (Å²) in [5.41, 5.74) is 0. The highest BCUT2D eigenvalue weighted by Crippen LogP contribution is 1.80. The van der Waals surface area contributed by atoms with Gasteiger partial charge >= 0.3 is 0 Å². The number of ether oxygens (including phenoxy) is 1. The first kappa shape index (κ1) is 6.92. The number of rotatable bonds is 3. The molecule has 2 nitrogen and oxygen atoms in total. The fourth-order valence-electron chi connectivity index (χ4n) is 0.371. The number of nitrogens with one attached hydrogen (secondary N) is 1. The van der Waals surface area contributed by atoms with Crippen LogP contribution in [0.3, 0.4) is 0 Å². The first-order valence-electron chi connectivity index (χ1n) is 2.48. The Morgan fingerprint density at radius 2 is 2.43 bits per heavy atom. The van der Waals surface area contributed by atoms with E-state index in [0.29, 0.717) is 6.10 Å². The molecule has 0 aromatic carbocycles. The van der Waals surface area contributed by atoms with Crippen molar-refractivity contribution in [2.75, 3.05) is 20.7 Å². The van der Waals surface area contributed by atoms with Crippen LogP contribution in [0.25, 0.3) is 0 Å². The topological polar surface area (TPSA) is 21.3 Å². The van der Waals surface area contributed by atoms with Crippen LogP contribution >= 0.6 is 0 Å². The highest BCUT2D eigenvalue weighted by Gasteiger charge is 1.92. The lowest BCUT2D eigenvalue weighted by molar-refractivity contribution is 0.119. The third-order valence-electron chi connectivity index (χ3n) is 0.894. The van der Waals surface area contributed by atoms with E-state index in [2.05, 4.69) is 5.32 Å². The van der Waals surface area contributed by atoms with Crippen molar-refractivity contribution in [2.24, 2.45) is 0 Å². The lowest BCUT2D eigenvalue weighted by Crippen LogP contribution is -2.21. The average Bonchev–Trinajstić information content (AvgIpc) is 1.68. The molecule has 0 aliphatic carbocycles. The summed E-state index contributed by atoms with van der Waals surface area (Å²) in [4.78, 5) is 0. The van der Waals surface area contributed by atoms with Crippen LogP contribution in [0.2, 0.25) is 0 Å². The first-order valence-corrected chi connectivity index (χ1v) is 2.48. The van der Waals surface area contributed by atoms with Gasteiger partial charge in [0.05, 0.1) is 6.10 Å². The second-order valence-corrected chi connectivity index (χ2v) is 1.60. The third kappa shape index (κ3) is 3.76. The Balaban J connectivity index is 0. The molecule has 0 aliphatic rings. The maximum atomic E-state index is 4.93. The van der Waals surface area contributed by atoms with Crippen LogP contribution in [0.4, 0.5) is 0 Å². The van der Waals surface area contributed by atoms with Gasteiger partial charge in [0.25, 0.3) is 0 Å². The summed E-state index contributed by atoms with van der Waals surface area (Å²) in [6, 6.07) is 0. The number of methoxy groups -OCH3 is 1. The maximum Gasteiger partial charge on any atom is 0.0667 e. The molecule has 0 spiro atoms. The third-order valence-corrected chi connectivity index (χ3v) is 0.894. The van der Waals surface area contributed by atoms with Gasteiger partial charge in [0.2, 0.25) is 0 Å². The van der Waals surface area contributed by atoms with Gasteiger partial charge in [0, 0.05) is 15.1 Å². The van der Waals surface area contributed by atoms with Gasteiger partial charge in [-0.25, -0.2) is 0 Å². The molecule has 0 aromatic rings. The Morgan fingerprint density at radius 3 is 2.57 bits per heavy atom. The van der Waals surface area contributed by atoms with Gasteiger partial charge < -0.3 is 10.1 Å². The summed E-state index contributed by atoms with van der Waals surface area (Å²) in [6.45, 7) is 2.95. The molecule has 0 unspecified atom stereocenters. The highest BCUT2D eigenvalue weighted by atomic mass is 16.5. The molecule has 0 heterocycles. The van der Waals surface area contributed by atoms with Gasteiger partial charge in [-0.2, -0.15) is 0 Å². The zero-order valence-electron chi connectivity index (χ0n) is 5.19. The van der Waals surface area contributed by atoms with Crippen LogP contribution in [0.5, 0.6) is 0 Å². The van der Waals surface area contributed by atoms with E-state index in [0.717, 1.165) is 6.54 Å². The van der Waals surface area contributed by atoms with Gasteiger partial charge in [0.15, 0.2) is 0 Å². The molecule has 0 amide bonds. The summed E-state index contributed by atoms with van der Waals surface area (Å²) in [5.74, 6) is 0. The molecule has 0 radical (unpaired) electrons. The van der Waals surface area contributed by atoms with Gasteiger partial charge in [-0.05, 0) is 14.0 Å². The Morgan fingerprint density at radius 1 is 1.86 bits per heavy atom. The Kier molecular flexibility index (Phi) is 4.04. The highest BCUT2D eigenvalue weighted by molar-refractivity contribution is 4.48. The van der Waals surface area contributed by atoms with E-state index in [1.807, 2.05) is 14.0 Å². The second kappa shape index (κ2) is 4.09. The van der Waals surface area contributed by atoms with Crippen molar-refractivity contribution in [2.45, 2.75) is 13.0 Å². The van der Waals surface area contributed by atoms with E-state index in [-0.39, 0.29) is 1.43 Å². The molecular formula is C5H15NO. The zero-order valence-corrected chi connectivity index (χ0v) is 5.19. The van der Waals surface area contributed by atoms with E-state index >= 15 is 0 Å². The maximum absolute atomic E-state index is 4.93. The first-order chi connectivity index (χ1) is 3.31. The standard InChI is InChI=1S/C5H13NO.H2/c1-5(7-3)4-6-2;/h5-6H,4H2,1-3H3;1H/t5-;/m1./s1. The summed E-state index contributed by atoms with van der Waals surface area (Å²) < 4.78 is 4.93. The molecule has 0 bridgehead atoms. The van der Waals surface area contributed by atoms with Crippen LogP contribution in [0, 0.1) is 0 Å². The molecule has 2 heteroatoms. The summed E-state index contributed by atoms with van der Waals surface area (Å²) in [5, 5.41) is 2.99. The number of hydrogen-bond donors (Lipinski definition) is 1. The van der Waals surface area contributed by atoms with Crippen molar-refractivity contribution in [3.05, 3.63) is 0 Å². The van der Waals surface area contributed by atoms with Crippen LogP contribution in [-0.4, -0.2) is 26.8 Å². The van der Waals surface area contributed by atoms with Gasteiger partial charge in [0.1, 0.15) is 0 Å². The van der Waals surface area contributed by atoms with Crippen molar-refractivity contribution in [3.63, 3.8) is 0 Å². The van der Waals surface area contributed by atoms with Crippen molar-refractivity contribution in [1.29, 1.82) is 0 Å². The van der Waals surface area contributed by atoms with E-state index in [9.17, 15) is 0 Å². The molecule has 0 saturated carbocycles. The Hall–Kier alpha value is -0.0800. The van der Waals surface area contributed by atoms with E-state index in [1.54, 1.807) is 7.11 Å². The Bertz CT molecular complexity index is 43.4. The molecule has 0 fully saturated rings. The van der Waals surface area contributed by atoms with Crippen LogP contribution in [0.15, 0.2) is 0 Å². The largest absolute Gasteiger partial charge is 0.380 e. The monoisotopic (exact) mass is 105 g/mol. The summed E-state index contributed by atoms with van der Waals surface area (Å²) in [7, 11) is 3.62. The molecule has 1 atom stereocenters. The van der Waals surface area contributed by atoms with E-state index in [1.165, 1.54) is 0 Å². The average molecular weight is 105 g/mol. The second-order valence-electron chi connectivity index (χ2n) is 1.60. The lowest BCUT2D eigenvalue weighted by atomic mass is 10.4. The molecule has 1 N–H and O–H groups in total. The smallest absolute Gasteiger partial charge is 0.0667 e. The minimum absolute atomic E-state index is 0. The zero-order chi connectivity index (χ0) is 5.70. The van der Waals surface area contributed by atoms with E-state index in [4.69, 9.17) is 4.74 Å². The van der Waals surface area contributed by atoms with Crippen molar-refractivity contribution in [3.8, 4) is 0 Å². The predicted octanol–water partition coefficient (Wildman–Crippen LogP) is 0.487.